The molecule has 110 valence electrons. The van der Waals surface area contributed by atoms with Gasteiger partial charge < -0.3 is 10.6 Å². The number of benzene rings is 1. The maximum atomic E-state index is 5.43. The van der Waals surface area contributed by atoms with Crippen LogP contribution in [0.1, 0.15) is 50.2 Å². The molecule has 0 atom stereocenters. The van der Waals surface area contributed by atoms with Crippen LogP contribution in [-0.2, 0) is 0 Å². The molecule has 0 spiro atoms. The summed E-state index contributed by atoms with van der Waals surface area (Å²) >= 11 is 5.43. The van der Waals surface area contributed by atoms with Gasteiger partial charge in [-0.05, 0) is 80.9 Å². The predicted molar refractivity (Wildman–Crippen MR) is 91.3 cm³/mol. The monoisotopic (exact) mass is 290 g/mol. The third kappa shape index (κ3) is 4.20. The van der Waals surface area contributed by atoms with Crippen LogP contribution in [0.25, 0.3) is 0 Å². The van der Waals surface area contributed by atoms with Crippen LogP contribution in [0.5, 0.6) is 0 Å². The van der Waals surface area contributed by atoms with E-state index in [0.717, 1.165) is 16.7 Å². The molecule has 0 bridgehead atoms. The predicted octanol–water partition coefficient (Wildman–Crippen LogP) is 4.56. The first-order chi connectivity index (χ1) is 9.58. The molecule has 0 aliphatic heterocycles. The molecule has 0 unspecified atom stereocenters. The second-order valence-corrected chi connectivity index (χ2v) is 6.43. The van der Waals surface area contributed by atoms with Crippen molar-refractivity contribution in [2.45, 2.75) is 58.9 Å². The van der Waals surface area contributed by atoms with Gasteiger partial charge in [0.05, 0.1) is 0 Å². The molecule has 0 aromatic heterocycles. The molecule has 2 nitrogen and oxygen atoms in total. The zero-order chi connectivity index (χ0) is 14.5. The zero-order valence-corrected chi connectivity index (χ0v) is 13.6. The molecule has 0 heterocycles. The van der Waals surface area contributed by atoms with Gasteiger partial charge in [-0.25, -0.2) is 0 Å². The Morgan fingerprint density at radius 1 is 1.15 bits per heavy atom. The third-order valence-electron chi connectivity index (χ3n) is 4.52. The zero-order valence-electron chi connectivity index (χ0n) is 12.8. The molecule has 1 aromatic carbocycles. The maximum absolute atomic E-state index is 5.43. The molecule has 1 aromatic rings. The molecule has 0 saturated heterocycles. The lowest BCUT2D eigenvalue weighted by atomic mass is 9.85. The Morgan fingerprint density at radius 3 is 2.45 bits per heavy atom. The van der Waals surface area contributed by atoms with Crippen molar-refractivity contribution in [3.63, 3.8) is 0 Å². The Balaban J connectivity index is 1.82. The summed E-state index contributed by atoms with van der Waals surface area (Å²) in [6.07, 6.45) is 6.47. The Labute approximate surface area is 128 Å². The molecule has 0 amide bonds. The molecule has 2 N–H and O–H groups in total. The highest BCUT2D eigenvalue weighted by Gasteiger charge is 2.20. The van der Waals surface area contributed by atoms with E-state index in [0.29, 0.717) is 6.04 Å². The first-order valence-corrected chi connectivity index (χ1v) is 8.14. The van der Waals surface area contributed by atoms with Crippen LogP contribution < -0.4 is 10.6 Å². The SMILES string of the molecule is CCC1CCC(NC(=S)Nc2ccc(C)c(C)c2)CC1. The summed E-state index contributed by atoms with van der Waals surface area (Å²) in [5, 5.41) is 7.53. The standard InChI is InChI=1S/C17H26N2S/c1-4-14-6-9-15(10-7-14)18-17(20)19-16-8-5-12(2)13(3)11-16/h5,8,11,14-15H,4,6-7,9-10H2,1-3H3,(H2,18,19,20). The highest BCUT2D eigenvalue weighted by molar-refractivity contribution is 7.80. The van der Waals surface area contributed by atoms with E-state index in [1.54, 1.807) is 0 Å². The first kappa shape index (κ1) is 15.3. The van der Waals surface area contributed by atoms with E-state index in [1.165, 1.54) is 43.2 Å². The normalized spacial score (nSPS) is 22.4. The molecule has 1 aliphatic carbocycles. The van der Waals surface area contributed by atoms with Gasteiger partial charge in [-0.15, -0.1) is 0 Å². The van der Waals surface area contributed by atoms with E-state index in [4.69, 9.17) is 12.2 Å². The summed E-state index contributed by atoms with van der Waals surface area (Å²) in [4.78, 5) is 0. The van der Waals surface area contributed by atoms with E-state index in [2.05, 4.69) is 49.6 Å². The fourth-order valence-electron chi connectivity index (χ4n) is 2.89. The largest absolute Gasteiger partial charge is 0.360 e. The summed E-state index contributed by atoms with van der Waals surface area (Å²) in [6, 6.07) is 6.92. The van der Waals surface area contributed by atoms with E-state index in [1.807, 2.05) is 0 Å². The molecule has 2 rings (SSSR count). The quantitative estimate of drug-likeness (QED) is 0.798. The highest BCUT2D eigenvalue weighted by atomic mass is 32.1. The van der Waals surface area contributed by atoms with Gasteiger partial charge in [0.15, 0.2) is 5.11 Å². The van der Waals surface area contributed by atoms with Gasteiger partial charge in [-0.2, -0.15) is 0 Å². The molecule has 1 aliphatic rings. The van der Waals surface area contributed by atoms with Gasteiger partial charge in [0.2, 0.25) is 0 Å². The van der Waals surface area contributed by atoms with Gasteiger partial charge in [-0.3, -0.25) is 0 Å². The molecule has 20 heavy (non-hydrogen) atoms. The fraction of sp³-hybridized carbons (Fsp3) is 0.588. The van der Waals surface area contributed by atoms with Crippen molar-refractivity contribution in [3.8, 4) is 0 Å². The highest BCUT2D eigenvalue weighted by Crippen LogP contribution is 2.26. The van der Waals surface area contributed by atoms with Crippen LogP contribution >= 0.6 is 12.2 Å². The summed E-state index contributed by atoms with van der Waals surface area (Å²) in [5.41, 5.74) is 3.68. The molecule has 3 heteroatoms. The number of nitrogens with one attached hydrogen (secondary N) is 2. The Bertz CT molecular complexity index is 462. The topological polar surface area (TPSA) is 24.1 Å². The minimum atomic E-state index is 0.546. The Kier molecular flexibility index (Phi) is 5.41. The average molecular weight is 290 g/mol. The fourth-order valence-corrected chi connectivity index (χ4v) is 3.17. The second kappa shape index (κ2) is 7.07. The molecule has 1 fully saturated rings. The van der Waals surface area contributed by atoms with E-state index < -0.39 is 0 Å². The minimum absolute atomic E-state index is 0.546. The number of rotatable bonds is 3. The van der Waals surface area contributed by atoms with Gasteiger partial charge in [-0.1, -0.05) is 19.4 Å². The van der Waals surface area contributed by atoms with Crippen LogP contribution in [0.15, 0.2) is 18.2 Å². The van der Waals surface area contributed by atoms with Gasteiger partial charge in [0.25, 0.3) is 0 Å². The lowest BCUT2D eigenvalue weighted by Crippen LogP contribution is -2.39. The van der Waals surface area contributed by atoms with Gasteiger partial charge >= 0.3 is 0 Å². The van der Waals surface area contributed by atoms with Crippen LogP contribution in [0.3, 0.4) is 0 Å². The van der Waals surface area contributed by atoms with Gasteiger partial charge in [0.1, 0.15) is 0 Å². The second-order valence-electron chi connectivity index (χ2n) is 6.02. The first-order valence-electron chi connectivity index (χ1n) is 7.73. The third-order valence-corrected chi connectivity index (χ3v) is 4.74. The maximum Gasteiger partial charge on any atom is 0.170 e. The van der Waals surface area contributed by atoms with E-state index in [-0.39, 0.29) is 0 Å². The number of anilines is 1. The number of thiocarbonyl (C=S) groups is 1. The van der Waals surface area contributed by atoms with Gasteiger partial charge in [0, 0.05) is 11.7 Å². The summed E-state index contributed by atoms with van der Waals surface area (Å²) in [6.45, 7) is 6.55. The summed E-state index contributed by atoms with van der Waals surface area (Å²) in [5.74, 6) is 0.925. The van der Waals surface area contributed by atoms with Crippen molar-refractivity contribution in [1.29, 1.82) is 0 Å². The van der Waals surface area contributed by atoms with E-state index in [9.17, 15) is 0 Å². The lowest BCUT2D eigenvalue weighted by molar-refractivity contribution is 0.306. The van der Waals surface area contributed by atoms with Crippen molar-refractivity contribution in [1.82, 2.24) is 5.32 Å². The van der Waals surface area contributed by atoms with Crippen LogP contribution in [-0.4, -0.2) is 11.2 Å². The van der Waals surface area contributed by atoms with Crippen molar-refractivity contribution < 1.29 is 0 Å². The van der Waals surface area contributed by atoms with Crippen LogP contribution in [0, 0.1) is 19.8 Å². The Hall–Kier alpha value is -1.09. The molecular formula is C17H26N2S. The average Bonchev–Trinajstić information content (AvgIpc) is 2.44. The Morgan fingerprint density at radius 2 is 1.85 bits per heavy atom. The van der Waals surface area contributed by atoms with Crippen molar-refractivity contribution in [2.75, 3.05) is 5.32 Å². The lowest BCUT2D eigenvalue weighted by Gasteiger charge is -2.29. The van der Waals surface area contributed by atoms with Crippen LogP contribution in [0.4, 0.5) is 5.69 Å². The van der Waals surface area contributed by atoms with Crippen molar-refractivity contribution in [2.24, 2.45) is 5.92 Å². The number of aryl methyl sites for hydroxylation is 2. The summed E-state index contributed by atoms with van der Waals surface area (Å²) in [7, 11) is 0. The van der Waals surface area contributed by atoms with Crippen molar-refractivity contribution >= 4 is 23.0 Å². The molecule has 1 saturated carbocycles. The smallest absolute Gasteiger partial charge is 0.170 e. The van der Waals surface area contributed by atoms with Crippen molar-refractivity contribution in [3.05, 3.63) is 29.3 Å². The van der Waals surface area contributed by atoms with E-state index >= 15 is 0 Å². The number of hydrogen-bond donors (Lipinski definition) is 2. The molecule has 0 radical (unpaired) electrons. The van der Waals surface area contributed by atoms with Crippen LogP contribution in [0.2, 0.25) is 0 Å². The minimum Gasteiger partial charge on any atom is -0.360 e. The number of hydrogen-bond acceptors (Lipinski definition) is 1. The summed E-state index contributed by atoms with van der Waals surface area (Å²) < 4.78 is 0. The molecular weight excluding hydrogens is 264 g/mol.